The second-order valence-corrected chi connectivity index (χ2v) is 12.3. The lowest BCUT2D eigenvalue weighted by Crippen LogP contribution is -2.43. The average Bonchev–Trinajstić information content (AvgIpc) is 3.29. The van der Waals surface area contributed by atoms with Crippen LogP contribution < -0.4 is 0 Å². The Hall–Kier alpha value is -0.340. The van der Waals surface area contributed by atoms with Crippen molar-refractivity contribution in [3.05, 3.63) is 0 Å². The van der Waals surface area contributed by atoms with Gasteiger partial charge in [0.1, 0.15) is 24.9 Å². The third-order valence-corrected chi connectivity index (χ3v) is 8.32. The molecule has 7 heteroatoms. The van der Waals surface area contributed by atoms with Crippen molar-refractivity contribution in [2.45, 2.75) is 180 Å². The Morgan fingerprint density at radius 2 is 1.10 bits per heavy atom. The second kappa shape index (κ2) is 25.4. The minimum Gasteiger partial charge on any atom is -0.484 e. The van der Waals surface area contributed by atoms with Gasteiger partial charge in [-0.3, -0.25) is 0 Å². The molecular weight excluding hydrogens is 528 g/mol. The number of hydrogen-bond donors (Lipinski definition) is 2. The van der Waals surface area contributed by atoms with Crippen molar-refractivity contribution in [3.63, 3.8) is 0 Å². The van der Waals surface area contributed by atoms with Gasteiger partial charge in [0.2, 0.25) is 0 Å². The van der Waals surface area contributed by atoms with E-state index in [-0.39, 0.29) is 13.2 Å². The summed E-state index contributed by atoms with van der Waals surface area (Å²) in [5.74, 6) is 0. The van der Waals surface area contributed by atoms with Crippen LogP contribution in [0, 0.1) is 0 Å². The molecule has 0 aliphatic carbocycles. The molecule has 39 heavy (non-hydrogen) atoms. The highest BCUT2D eigenvalue weighted by molar-refractivity contribution is 7.80. The molecule has 5 nitrogen and oxygen atoms in total. The van der Waals surface area contributed by atoms with Crippen molar-refractivity contribution in [3.8, 4) is 0 Å². The van der Waals surface area contributed by atoms with Crippen molar-refractivity contribution in [1.29, 1.82) is 0 Å². The van der Waals surface area contributed by atoms with Crippen LogP contribution in [-0.2, 0) is 14.2 Å². The molecule has 0 aromatic rings. The standard InChI is InChI=1S/C32H60O5S2/c1-3-5-7-9-11-13-15-17-19-21-23-29(38)35-25-27(33)31-32(28(34)26-36-31)37-30(39)24-22-20-18-16-14-12-10-8-6-4-2/h27-28,31-34H,3-26H2,1-2H3/t27-,28+,31-,32-/m0/s1. The zero-order valence-corrected chi connectivity index (χ0v) is 26.8. The first-order valence-corrected chi connectivity index (χ1v) is 17.1. The van der Waals surface area contributed by atoms with E-state index in [2.05, 4.69) is 13.8 Å². The summed E-state index contributed by atoms with van der Waals surface area (Å²) >= 11 is 10.8. The highest BCUT2D eigenvalue weighted by Gasteiger charge is 2.43. The minimum absolute atomic E-state index is 0.0407. The molecule has 2 N–H and O–H groups in total. The van der Waals surface area contributed by atoms with Crippen LogP contribution >= 0.6 is 24.4 Å². The molecule has 0 aromatic heterocycles. The Kier molecular flexibility index (Phi) is 23.9. The predicted octanol–water partition coefficient (Wildman–Crippen LogP) is 8.79. The van der Waals surface area contributed by atoms with Gasteiger partial charge in [-0.1, -0.05) is 129 Å². The average molecular weight is 589 g/mol. The van der Waals surface area contributed by atoms with E-state index in [0.717, 1.165) is 32.1 Å². The maximum atomic E-state index is 10.7. The summed E-state index contributed by atoms with van der Waals surface area (Å²) in [5.41, 5.74) is 0. The van der Waals surface area contributed by atoms with Crippen molar-refractivity contribution in [1.82, 2.24) is 0 Å². The molecule has 0 radical (unpaired) electrons. The van der Waals surface area contributed by atoms with E-state index in [4.69, 9.17) is 38.6 Å². The molecule has 1 aliphatic rings. The van der Waals surface area contributed by atoms with Crippen LogP contribution in [0.2, 0.25) is 0 Å². The lowest BCUT2D eigenvalue weighted by molar-refractivity contribution is -0.0620. The Morgan fingerprint density at radius 3 is 1.56 bits per heavy atom. The fourth-order valence-corrected chi connectivity index (χ4v) is 5.63. The summed E-state index contributed by atoms with van der Waals surface area (Å²) in [6, 6.07) is 0. The fourth-order valence-electron chi connectivity index (χ4n) is 5.16. The number of hydrogen-bond acceptors (Lipinski definition) is 7. The first-order valence-electron chi connectivity index (χ1n) is 16.3. The van der Waals surface area contributed by atoms with Crippen molar-refractivity contribution in [2.24, 2.45) is 0 Å². The van der Waals surface area contributed by atoms with E-state index in [0.29, 0.717) is 16.5 Å². The Bertz CT molecular complexity index is 603. The predicted molar refractivity (Wildman–Crippen MR) is 171 cm³/mol. The molecule has 0 saturated carbocycles. The molecule has 1 heterocycles. The molecule has 1 saturated heterocycles. The van der Waals surface area contributed by atoms with Gasteiger partial charge in [-0.25, -0.2) is 0 Å². The van der Waals surface area contributed by atoms with Crippen molar-refractivity contribution in [2.75, 3.05) is 13.2 Å². The third-order valence-electron chi connectivity index (χ3n) is 7.69. The van der Waals surface area contributed by atoms with Gasteiger partial charge in [0, 0.05) is 12.8 Å². The molecule has 1 rings (SSSR count). The molecule has 0 aromatic carbocycles. The summed E-state index contributed by atoms with van der Waals surface area (Å²) < 4.78 is 17.2. The highest BCUT2D eigenvalue weighted by Crippen LogP contribution is 2.23. The molecule has 1 aliphatic heterocycles. The van der Waals surface area contributed by atoms with Crippen LogP contribution in [0.15, 0.2) is 0 Å². The molecule has 0 bridgehead atoms. The number of aliphatic hydroxyl groups excluding tert-OH is 2. The SMILES string of the molecule is CCCCCCCCCCCCC(=S)OC[C@H](O)[C@@H]1OC[C@@H](O)[C@@H]1OC(=S)CCCCCCCCCCCC. The Labute approximate surface area is 251 Å². The lowest BCUT2D eigenvalue weighted by Gasteiger charge is -2.26. The molecule has 1 fully saturated rings. The van der Waals surface area contributed by atoms with Crippen LogP contribution in [0.3, 0.4) is 0 Å². The van der Waals surface area contributed by atoms with E-state index in [1.807, 2.05) is 0 Å². The topological polar surface area (TPSA) is 68.2 Å². The normalized spacial score (nSPS) is 19.7. The minimum atomic E-state index is -0.932. The fraction of sp³-hybridized carbons (Fsp3) is 0.938. The molecule has 4 atom stereocenters. The van der Waals surface area contributed by atoms with E-state index in [1.165, 1.54) is 103 Å². The largest absolute Gasteiger partial charge is 0.484 e. The molecular formula is C32H60O5S2. The summed E-state index contributed by atoms with van der Waals surface area (Å²) in [7, 11) is 0. The van der Waals surface area contributed by atoms with Crippen LogP contribution in [-0.4, -0.2) is 57.9 Å². The number of rotatable bonds is 26. The summed E-state index contributed by atoms with van der Waals surface area (Å²) in [6.45, 7) is 4.67. The van der Waals surface area contributed by atoms with E-state index >= 15 is 0 Å². The van der Waals surface area contributed by atoms with Crippen LogP contribution in [0.4, 0.5) is 0 Å². The van der Waals surface area contributed by atoms with Gasteiger partial charge in [0.15, 0.2) is 16.2 Å². The van der Waals surface area contributed by atoms with Crippen molar-refractivity contribution >= 4 is 34.5 Å². The van der Waals surface area contributed by atoms with Gasteiger partial charge in [0.05, 0.1) is 6.61 Å². The molecule has 0 spiro atoms. The number of thiocarbonyl (C=S) groups is 2. The monoisotopic (exact) mass is 588 g/mol. The van der Waals surface area contributed by atoms with Crippen LogP contribution in [0.1, 0.15) is 155 Å². The maximum Gasteiger partial charge on any atom is 0.160 e. The summed E-state index contributed by atoms with van der Waals surface area (Å²) in [6.07, 6.45) is 23.8. The van der Waals surface area contributed by atoms with Gasteiger partial charge in [-0.05, 0) is 37.3 Å². The van der Waals surface area contributed by atoms with Crippen LogP contribution in [0.5, 0.6) is 0 Å². The maximum absolute atomic E-state index is 10.7. The Balaban J connectivity index is 2.12. The molecule has 230 valence electrons. The van der Waals surface area contributed by atoms with E-state index in [1.54, 1.807) is 0 Å². The second-order valence-electron chi connectivity index (χ2n) is 11.4. The smallest absolute Gasteiger partial charge is 0.160 e. The number of ether oxygens (including phenoxy) is 3. The molecule has 0 amide bonds. The Morgan fingerprint density at radius 1 is 0.692 bits per heavy atom. The van der Waals surface area contributed by atoms with Gasteiger partial charge in [-0.15, -0.1) is 0 Å². The quantitative estimate of drug-likeness (QED) is 0.0773. The number of aliphatic hydroxyl groups is 2. The first-order chi connectivity index (χ1) is 19.0. The zero-order chi connectivity index (χ0) is 28.6. The van der Waals surface area contributed by atoms with Gasteiger partial charge < -0.3 is 24.4 Å². The van der Waals surface area contributed by atoms with E-state index < -0.39 is 24.4 Å². The highest BCUT2D eigenvalue weighted by atomic mass is 32.1. The summed E-state index contributed by atoms with van der Waals surface area (Å²) in [4.78, 5) is 0. The first kappa shape index (κ1) is 36.7. The van der Waals surface area contributed by atoms with Crippen molar-refractivity contribution < 1.29 is 24.4 Å². The third kappa shape index (κ3) is 19.4. The van der Waals surface area contributed by atoms with E-state index in [9.17, 15) is 10.2 Å². The lowest BCUT2D eigenvalue weighted by atomic mass is 10.1. The summed E-state index contributed by atoms with van der Waals surface area (Å²) in [5, 5.41) is 22.0. The van der Waals surface area contributed by atoms with Gasteiger partial charge in [0.25, 0.3) is 0 Å². The number of unbranched alkanes of at least 4 members (excludes halogenated alkanes) is 18. The molecule has 0 unspecified atom stereocenters. The van der Waals surface area contributed by atoms with Crippen LogP contribution in [0.25, 0.3) is 0 Å². The zero-order valence-electron chi connectivity index (χ0n) is 25.2. The van der Waals surface area contributed by atoms with Gasteiger partial charge >= 0.3 is 0 Å². The van der Waals surface area contributed by atoms with Gasteiger partial charge in [-0.2, -0.15) is 0 Å².